The summed E-state index contributed by atoms with van der Waals surface area (Å²) in [6, 6.07) is -5.95. The minimum absolute atomic E-state index is 0.0589. The second-order valence-corrected chi connectivity index (χ2v) is 23.6. The highest BCUT2D eigenvalue weighted by Crippen LogP contribution is 2.51. The molecular formula is C49H70N18O14. The van der Waals surface area contributed by atoms with E-state index < -0.39 is 152 Å². The van der Waals surface area contributed by atoms with E-state index in [1.54, 1.807) is 0 Å². The van der Waals surface area contributed by atoms with Crippen LogP contribution in [0, 0.1) is 0 Å². The molecule has 6 aliphatic heterocycles. The fourth-order valence-electron chi connectivity index (χ4n) is 15.1. The predicted molar refractivity (Wildman–Crippen MR) is 273 cm³/mol. The summed E-state index contributed by atoms with van der Waals surface area (Å²) in [6.45, 7) is -0.414. The van der Waals surface area contributed by atoms with E-state index in [9.17, 15) is 33.2 Å². The third kappa shape index (κ3) is 11.3. The standard InChI is InChI=1S/C49H70N18O14/c50-62-56-26-21-28(58-64-52)36-42(80-48(76-36)17-9-3-10-18-48)34(26)74-44-32(60-66-54)40(38-30(72-44)23-70-46(78-38)13-5-1-6-14-46)68-25-69-41-33(61-67-55)45(73-31-24-71-47(79-39(31)41)15-7-2-8-16-47)75-35-27(57-63-51)22-29(59-65-53)37-43(35)81-49(77-37)19-11-4-12-20-49/h26-45H,1-25H2/t26?,27?,28-,29-,30?,31?,32+,33?,34-,35-,36?,37?,38-,39-,40?,41-,42+,43+,44-,45-/m1/s1. The van der Waals surface area contributed by atoms with E-state index in [0.717, 1.165) is 77.0 Å². The molecule has 0 aromatic heterocycles. The molecule has 32 heteroatoms. The Morgan fingerprint density at radius 1 is 0.358 bits per heavy atom. The summed E-state index contributed by atoms with van der Waals surface area (Å²) in [7, 11) is 0. The lowest BCUT2D eigenvalue weighted by atomic mass is 9.84. The van der Waals surface area contributed by atoms with Crippen LogP contribution < -0.4 is 0 Å². The Kier molecular flexibility index (Phi) is 17.2. The van der Waals surface area contributed by atoms with E-state index in [1.807, 2.05) is 0 Å². The van der Waals surface area contributed by atoms with Crippen molar-refractivity contribution in [1.29, 1.82) is 0 Å². The molecule has 440 valence electrons. The zero-order valence-corrected chi connectivity index (χ0v) is 45.0. The molecule has 6 heterocycles. The first kappa shape index (κ1) is 56.8. The molecule has 8 unspecified atom stereocenters. The molecule has 6 saturated carbocycles. The number of azide groups is 6. The van der Waals surface area contributed by atoms with Gasteiger partial charge in [0.2, 0.25) is 0 Å². The molecule has 0 N–H and O–H groups in total. The van der Waals surface area contributed by atoms with Gasteiger partial charge < -0.3 is 66.3 Å². The van der Waals surface area contributed by atoms with Crippen molar-refractivity contribution in [2.45, 2.75) is 286 Å². The first-order valence-electron chi connectivity index (χ1n) is 29.1. The smallest absolute Gasteiger partial charge is 0.169 e. The average Bonchev–Trinajstić information content (AvgIpc) is 4.13. The molecule has 0 aromatic rings. The minimum atomic E-state index is -1.38. The highest BCUT2D eigenvalue weighted by atomic mass is 16.8. The summed E-state index contributed by atoms with van der Waals surface area (Å²) in [5.41, 5.74) is 59.9. The maximum absolute atomic E-state index is 10.4. The van der Waals surface area contributed by atoms with Gasteiger partial charge in [0, 0.05) is 80.8 Å². The summed E-state index contributed by atoms with van der Waals surface area (Å²) in [5.74, 6) is -3.90. The van der Waals surface area contributed by atoms with Crippen molar-refractivity contribution in [3.8, 4) is 0 Å². The number of fused-ring (bicyclic) bond motifs is 4. The summed E-state index contributed by atoms with van der Waals surface area (Å²) < 4.78 is 94.8. The molecule has 0 radical (unpaired) electrons. The number of nitrogens with zero attached hydrogens (tertiary/aromatic N) is 18. The molecule has 6 aliphatic carbocycles. The van der Waals surface area contributed by atoms with Crippen molar-refractivity contribution in [2.24, 2.45) is 30.7 Å². The number of hydrogen-bond acceptors (Lipinski definition) is 20. The van der Waals surface area contributed by atoms with Gasteiger partial charge in [0.15, 0.2) is 35.7 Å². The van der Waals surface area contributed by atoms with Gasteiger partial charge >= 0.3 is 0 Å². The zero-order chi connectivity index (χ0) is 55.6. The Hall–Kier alpha value is -4.70. The van der Waals surface area contributed by atoms with Crippen LogP contribution in [0.2, 0.25) is 0 Å². The van der Waals surface area contributed by atoms with Gasteiger partial charge in [0.1, 0.15) is 67.7 Å². The van der Waals surface area contributed by atoms with Crippen molar-refractivity contribution >= 4 is 0 Å². The zero-order valence-electron chi connectivity index (χ0n) is 45.0. The van der Waals surface area contributed by atoms with E-state index in [-0.39, 0.29) is 26.1 Å². The largest absolute Gasteiger partial charge is 0.349 e. The SMILES string of the molecule is [N-]=[N+]=NC1C[C@@H](N=[N+]=[N-])C2OC3(CCCCC3)O[C@H]2[C@@H]1O[C@H]1OC2COC3(CCCCC3)O[C@H]2[C@H](OCOC2[C@@H]3OC4(CCCCC4)OCC3O[C@H](O[C@@H]3C(N=[N+]=[N-])C[C@@H](N=[N+]=[N-])C4OC5(CCCCC5)O[C@H]43)[C@H]2N=[N+]=[N-])C1N=[N+]=[N-]. The maximum atomic E-state index is 10.4. The molecule has 32 nitrogen and oxygen atoms in total. The summed E-state index contributed by atoms with van der Waals surface area (Å²) in [6.07, 6.45) is 1.80. The number of rotatable bonds is 14. The summed E-state index contributed by atoms with van der Waals surface area (Å²) in [5, 5.41) is 24.9. The van der Waals surface area contributed by atoms with E-state index in [2.05, 4.69) is 60.2 Å². The Labute approximate surface area is 465 Å². The topological polar surface area (TPSA) is 422 Å². The highest BCUT2D eigenvalue weighted by Gasteiger charge is 2.63. The van der Waals surface area contributed by atoms with Crippen LogP contribution in [-0.4, -0.2) is 165 Å². The maximum Gasteiger partial charge on any atom is 0.169 e. The second-order valence-electron chi connectivity index (χ2n) is 23.6. The van der Waals surface area contributed by atoms with Gasteiger partial charge in [-0.3, -0.25) is 0 Å². The highest BCUT2D eigenvalue weighted by molar-refractivity contribution is 5.11. The Morgan fingerprint density at radius 3 is 1.04 bits per heavy atom. The van der Waals surface area contributed by atoms with Crippen LogP contribution >= 0.6 is 0 Å². The molecule has 20 atom stereocenters. The van der Waals surface area contributed by atoms with E-state index in [1.165, 1.54) is 0 Å². The Morgan fingerprint density at radius 2 is 0.679 bits per heavy atom. The third-order valence-electron chi connectivity index (χ3n) is 18.9. The average molecular weight is 1140 g/mol. The normalized spacial score (nSPS) is 43.3. The van der Waals surface area contributed by atoms with Crippen molar-refractivity contribution in [3.63, 3.8) is 0 Å². The van der Waals surface area contributed by atoms with Crippen LogP contribution in [0.5, 0.6) is 0 Å². The molecule has 12 fully saturated rings. The fourth-order valence-corrected chi connectivity index (χ4v) is 15.1. The van der Waals surface area contributed by atoms with Gasteiger partial charge in [-0.05, 0) is 97.4 Å². The van der Waals surface area contributed by atoms with Gasteiger partial charge in [-0.2, -0.15) is 0 Å². The molecule has 12 rings (SSSR count). The van der Waals surface area contributed by atoms with Crippen LogP contribution in [0.25, 0.3) is 62.7 Å². The molecule has 0 bridgehead atoms. The van der Waals surface area contributed by atoms with Gasteiger partial charge in [-0.25, -0.2) is 0 Å². The molecule has 81 heavy (non-hydrogen) atoms. The predicted octanol–water partition coefficient (Wildman–Crippen LogP) is 9.86. The van der Waals surface area contributed by atoms with E-state index >= 15 is 0 Å². The Balaban J connectivity index is 0.856. The number of hydrogen-bond donors (Lipinski definition) is 0. The summed E-state index contributed by atoms with van der Waals surface area (Å²) in [4.78, 5) is 19.1. The molecule has 12 aliphatic rings. The fraction of sp³-hybridized carbons (Fsp3) is 1.00. The third-order valence-corrected chi connectivity index (χ3v) is 18.9. The first-order chi connectivity index (χ1) is 39.7. The minimum Gasteiger partial charge on any atom is -0.349 e. The monoisotopic (exact) mass is 1130 g/mol. The van der Waals surface area contributed by atoms with Crippen molar-refractivity contribution in [1.82, 2.24) is 0 Å². The molecular weight excluding hydrogens is 1060 g/mol. The quantitative estimate of drug-likeness (QED) is 0.0676. The van der Waals surface area contributed by atoms with Gasteiger partial charge in [0.25, 0.3) is 0 Å². The van der Waals surface area contributed by atoms with Crippen LogP contribution in [0.3, 0.4) is 0 Å². The van der Waals surface area contributed by atoms with Crippen molar-refractivity contribution in [2.75, 3.05) is 20.0 Å². The van der Waals surface area contributed by atoms with E-state index in [0.29, 0.717) is 51.4 Å². The van der Waals surface area contributed by atoms with Gasteiger partial charge in [-0.15, -0.1) is 0 Å². The summed E-state index contributed by atoms with van der Waals surface area (Å²) >= 11 is 0. The first-order valence-corrected chi connectivity index (χ1v) is 29.1. The van der Waals surface area contributed by atoms with Crippen molar-refractivity contribution < 1.29 is 66.3 Å². The van der Waals surface area contributed by atoms with Gasteiger partial charge in [0.05, 0.1) is 61.8 Å². The Bertz CT molecular complexity index is 2380. The van der Waals surface area contributed by atoms with Crippen molar-refractivity contribution in [3.05, 3.63) is 62.7 Å². The lowest BCUT2D eigenvalue weighted by Gasteiger charge is -2.54. The molecule has 0 amide bonds. The number of ether oxygens (including phenoxy) is 14. The van der Waals surface area contributed by atoms with Crippen LogP contribution in [0.1, 0.15) is 141 Å². The van der Waals surface area contributed by atoms with Gasteiger partial charge in [-0.1, -0.05) is 56.4 Å². The lowest BCUT2D eigenvalue weighted by Crippen LogP contribution is -2.68. The second kappa shape index (κ2) is 24.5. The van der Waals surface area contributed by atoms with Crippen LogP contribution in [0.15, 0.2) is 30.7 Å². The lowest BCUT2D eigenvalue weighted by molar-refractivity contribution is -0.403. The molecule has 6 saturated heterocycles. The van der Waals surface area contributed by atoms with Crippen LogP contribution in [0.4, 0.5) is 0 Å². The van der Waals surface area contributed by atoms with E-state index in [4.69, 9.17) is 66.3 Å². The van der Waals surface area contributed by atoms with Crippen LogP contribution in [-0.2, 0) is 66.3 Å². The molecule has 4 spiro atoms. The molecule has 0 aromatic carbocycles.